The molecule has 3 rings (SSSR count). The van der Waals surface area contributed by atoms with E-state index >= 15 is 0 Å². The van der Waals surface area contributed by atoms with Crippen molar-refractivity contribution in [1.82, 2.24) is 24.8 Å². The molecule has 2 aromatic rings. The summed E-state index contributed by atoms with van der Waals surface area (Å²) in [6, 6.07) is 0. The van der Waals surface area contributed by atoms with E-state index < -0.39 is 39.0 Å². The Morgan fingerprint density at radius 2 is 2.10 bits per heavy atom. The lowest BCUT2D eigenvalue weighted by molar-refractivity contribution is -0.222. The maximum atomic E-state index is 10.9. The second-order valence-corrected chi connectivity index (χ2v) is 7.46. The SMILES string of the molecule is CC(=O)NCCNc1ncnc2c1ncn2C1O[C@H](COP(=O)([O-])O)[C@@H](O)[C@H]1O. The highest BCUT2D eigenvalue weighted by atomic mass is 31.2. The molecule has 1 saturated heterocycles. The van der Waals surface area contributed by atoms with Crippen LogP contribution in [-0.4, -0.2) is 78.5 Å². The second-order valence-electron chi connectivity index (χ2n) is 6.27. The summed E-state index contributed by atoms with van der Waals surface area (Å²) in [5, 5.41) is 26.0. The highest BCUT2D eigenvalue weighted by Crippen LogP contribution is 2.36. The Morgan fingerprint density at radius 3 is 2.79 bits per heavy atom. The predicted molar refractivity (Wildman–Crippen MR) is 94.2 cm³/mol. The van der Waals surface area contributed by atoms with Crippen molar-refractivity contribution < 1.29 is 38.6 Å². The van der Waals surface area contributed by atoms with E-state index in [0.717, 1.165) is 0 Å². The number of amides is 1. The van der Waals surface area contributed by atoms with Gasteiger partial charge >= 0.3 is 0 Å². The van der Waals surface area contributed by atoms with Gasteiger partial charge < -0.3 is 39.9 Å². The highest BCUT2D eigenvalue weighted by molar-refractivity contribution is 7.44. The third-order valence-corrected chi connectivity index (χ3v) is 4.64. The van der Waals surface area contributed by atoms with Crippen LogP contribution in [-0.2, 0) is 18.6 Å². The van der Waals surface area contributed by atoms with Crippen molar-refractivity contribution in [1.29, 1.82) is 0 Å². The van der Waals surface area contributed by atoms with E-state index in [9.17, 15) is 24.5 Å². The Morgan fingerprint density at radius 1 is 1.34 bits per heavy atom. The van der Waals surface area contributed by atoms with E-state index in [1.807, 2.05) is 0 Å². The van der Waals surface area contributed by atoms with Crippen LogP contribution in [0.1, 0.15) is 13.2 Å². The predicted octanol–water partition coefficient (Wildman–Crippen LogP) is -2.53. The summed E-state index contributed by atoms with van der Waals surface area (Å²) >= 11 is 0. The van der Waals surface area contributed by atoms with Gasteiger partial charge in [-0.05, 0) is 0 Å². The van der Waals surface area contributed by atoms with Crippen molar-refractivity contribution in [2.45, 2.75) is 31.5 Å². The lowest BCUT2D eigenvalue weighted by Gasteiger charge is -2.20. The molecule has 160 valence electrons. The quantitative estimate of drug-likeness (QED) is 0.217. The minimum atomic E-state index is -5.01. The summed E-state index contributed by atoms with van der Waals surface area (Å²) in [4.78, 5) is 42.7. The van der Waals surface area contributed by atoms with Gasteiger partial charge in [-0.1, -0.05) is 0 Å². The number of nitrogens with zero attached hydrogens (tertiary/aromatic N) is 4. The zero-order chi connectivity index (χ0) is 21.2. The third-order valence-electron chi connectivity index (χ3n) is 4.16. The number of hydrogen-bond donors (Lipinski definition) is 5. The number of aliphatic hydroxyl groups is 2. The molecule has 3 heterocycles. The second kappa shape index (κ2) is 8.67. The molecule has 1 fully saturated rings. The molecule has 0 aromatic carbocycles. The number of carbonyl (C=O) groups excluding carboxylic acids is 1. The van der Waals surface area contributed by atoms with E-state index in [1.54, 1.807) is 0 Å². The van der Waals surface area contributed by atoms with Gasteiger partial charge in [0.25, 0.3) is 7.82 Å². The Bertz CT molecular complexity index is 919. The molecular weight excluding hydrogens is 411 g/mol. The maximum Gasteiger partial charge on any atom is 0.265 e. The van der Waals surface area contributed by atoms with Crippen molar-refractivity contribution in [3.63, 3.8) is 0 Å². The third kappa shape index (κ3) is 5.05. The molecule has 2 unspecified atom stereocenters. The summed E-state index contributed by atoms with van der Waals surface area (Å²) in [7, 11) is -5.01. The maximum absolute atomic E-state index is 10.9. The molecule has 5 N–H and O–H groups in total. The molecule has 0 bridgehead atoms. The molecular formula is C14H20N6O8P-. The number of fused-ring (bicyclic) bond motifs is 1. The van der Waals surface area contributed by atoms with Crippen molar-refractivity contribution in [3.05, 3.63) is 12.7 Å². The lowest BCUT2D eigenvalue weighted by Crippen LogP contribution is -2.34. The molecule has 0 saturated carbocycles. The lowest BCUT2D eigenvalue weighted by atomic mass is 10.1. The summed E-state index contributed by atoms with van der Waals surface area (Å²) < 4.78 is 21.8. The molecule has 1 amide bonds. The molecule has 5 atom stereocenters. The summed E-state index contributed by atoms with van der Waals surface area (Å²) in [5.41, 5.74) is 0.649. The van der Waals surface area contributed by atoms with Gasteiger partial charge in [-0.3, -0.25) is 13.9 Å². The van der Waals surface area contributed by atoms with Crippen LogP contribution in [0.2, 0.25) is 0 Å². The molecule has 15 heteroatoms. The normalized spacial score (nSPS) is 26.4. The largest absolute Gasteiger partial charge is 0.756 e. The Balaban J connectivity index is 1.75. The fraction of sp³-hybridized carbons (Fsp3) is 0.571. The fourth-order valence-corrected chi connectivity index (χ4v) is 3.19. The van der Waals surface area contributed by atoms with Crippen molar-refractivity contribution in [2.24, 2.45) is 0 Å². The first-order valence-electron chi connectivity index (χ1n) is 8.53. The number of ether oxygens (including phenoxy) is 1. The number of carbonyl (C=O) groups is 1. The van der Waals surface area contributed by atoms with Crippen molar-refractivity contribution in [2.75, 3.05) is 25.0 Å². The Labute approximate surface area is 164 Å². The number of aromatic nitrogens is 4. The zero-order valence-corrected chi connectivity index (χ0v) is 16.1. The number of hydrogen-bond acceptors (Lipinski definition) is 11. The Hall–Kier alpha value is -2.19. The molecule has 0 radical (unpaired) electrons. The monoisotopic (exact) mass is 431 g/mol. The van der Waals surface area contributed by atoms with Gasteiger partial charge in [0.1, 0.15) is 24.6 Å². The number of anilines is 1. The molecule has 0 aliphatic carbocycles. The topological polar surface area (TPSA) is 204 Å². The van der Waals surface area contributed by atoms with Crippen LogP contribution in [0.15, 0.2) is 12.7 Å². The van der Waals surface area contributed by atoms with E-state index in [-0.39, 0.29) is 11.6 Å². The summed E-state index contributed by atoms with van der Waals surface area (Å²) in [6.07, 6.45) is -2.65. The van der Waals surface area contributed by atoms with Gasteiger partial charge in [0.2, 0.25) is 5.91 Å². The van der Waals surface area contributed by atoms with Crippen LogP contribution in [0.5, 0.6) is 0 Å². The number of aliphatic hydroxyl groups excluding tert-OH is 2. The van der Waals surface area contributed by atoms with Gasteiger partial charge in [0.05, 0.1) is 12.9 Å². The van der Waals surface area contributed by atoms with Gasteiger partial charge in [-0.25, -0.2) is 15.0 Å². The molecule has 1 aliphatic rings. The van der Waals surface area contributed by atoms with Gasteiger partial charge in [-0.2, -0.15) is 0 Å². The smallest absolute Gasteiger partial charge is 0.265 e. The van der Waals surface area contributed by atoms with Crippen molar-refractivity contribution in [3.8, 4) is 0 Å². The van der Waals surface area contributed by atoms with Gasteiger partial charge in [-0.15, -0.1) is 0 Å². The van der Waals surface area contributed by atoms with Gasteiger partial charge in [0, 0.05) is 20.0 Å². The van der Waals surface area contributed by atoms with E-state index in [0.29, 0.717) is 24.4 Å². The number of imidazole rings is 1. The van der Waals surface area contributed by atoms with Crippen LogP contribution in [0.4, 0.5) is 5.82 Å². The van der Waals surface area contributed by atoms with Crippen LogP contribution in [0, 0.1) is 0 Å². The zero-order valence-electron chi connectivity index (χ0n) is 15.2. The average Bonchev–Trinajstić information content (AvgIpc) is 3.19. The van der Waals surface area contributed by atoms with Gasteiger partial charge in [0.15, 0.2) is 23.2 Å². The first-order chi connectivity index (χ1) is 13.7. The summed E-state index contributed by atoms with van der Waals surface area (Å²) in [5.74, 6) is 0.225. The van der Waals surface area contributed by atoms with E-state index in [2.05, 4.69) is 30.1 Å². The fourth-order valence-electron chi connectivity index (χ4n) is 2.85. The number of nitrogens with one attached hydrogen (secondary N) is 2. The highest BCUT2D eigenvalue weighted by Gasteiger charge is 2.44. The number of rotatable bonds is 8. The Kier molecular flexibility index (Phi) is 6.43. The first kappa shape index (κ1) is 21.5. The molecule has 2 aromatic heterocycles. The average molecular weight is 431 g/mol. The van der Waals surface area contributed by atoms with Crippen LogP contribution < -0.4 is 15.5 Å². The first-order valence-corrected chi connectivity index (χ1v) is 10.0. The van der Waals surface area contributed by atoms with Crippen molar-refractivity contribution >= 4 is 30.7 Å². The number of phosphoric ester groups is 1. The standard InChI is InChI=1S/C14H21N6O8P/c1-7(21)15-2-3-16-12-9-13(18-5-17-12)20(6-19-9)14-11(23)10(22)8(28-14)4-27-29(24,25)26/h5-6,8,10-11,14,22-23H,2-4H2,1H3,(H,15,21)(H,16,17,18)(H2,24,25,26)/p-1/t8-,10-,11-,14?/m1/s1. The molecule has 29 heavy (non-hydrogen) atoms. The molecule has 1 aliphatic heterocycles. The van der Waals surface area contributed by atoms with Crippen LogP contribution in [0.3, 0.4) is 0 Å². The minimum Gasteiger partial charge on any atom is -0.756 e. The van der Waals surface area contributed by atoms with Crippen LogP contribution in [0.25, 0.3) is 11.2 Å². The molecule has 0 spiro atoms. The summed E-state index contributed by atoms with van der Waals surface area (Å²) in [6.45, 7) is 1.48. The van der Waals surface area contributed by atoms with E-state index in [4.69, 9.17) is 9.63 Å². The van der Waals surface area contributed by atoms with E-state index in [1.165, 1.54) is 24.1 Å². The molecule has 14 nitrogen and oxygen atoms in total. The number of phosphoric acid groups is 1. The minimum absolute atomic E-state index is 0.164. The van der Waals surface area contributed by atoms with Crippen LogP contribution >= 0.6 is 7.82 Å².